The highest BCUT2D eigenvalue weighted by Gasteiger charge is 2.22. The van der Waals surface area contributed by atoms with Crippen LogP contribution < -0.4 is 15.4 Å². The molecule has 0 radical (unpaired) electrons. The van der Waals surface area contributed by atoms with Crippen LogP contribution in [0.3, 0.4) is 0 Å². The molecule has 8 heteroatoms. The number of amides is 1. The van der Waals surface area contributed by atoms with Crippen LogP contribution in [0, 0.1) is 0 Å². The molecule has 124 valence electrons. The standard InChI is InChI=1S/C15H18N4O3.ClH/c1-21-12-7-3-2-5-10(12)14-18-13(22-19-14)9-17-15(20)11-6-4-8-16-11;/h2-3,5,7,11,16H,4,6,8-9H2,1H3,(H,17,20);1H. The predicted molar refractivity (Wildman–Crippen MR) is 86.4 cm³/mol. The SMILES string of the molecule is COc1ccccc1-c1noc(CNC(=O)C2CCCN2)n1.Cl. The van der Waals surface area contributed by atoms with Gasteiger partial charge in [0, 0.05) is 0 Å². The van der Waals surface area contributed by atoms with Crippen LogP contribution in [-0.4, -0.2) is 35.7 Å². The van der Waals surface area contributed by atoms with Crippen molar-refractivity contribution in [2.75, 3.05) is 13.7 Å². The highest BCUT2D eigenvalue weighted by molar-refractivity contribution is 5.85. The average Bonchev–Trinajstić information content (AvgIpc) is 3.24. The number of hydrogen-bond donors (Lipinski definition) is 2. The van der Waals surface area contributed by atoms with Crippen molar-refractivity contribution in [2.45, 2.75) is 25.4 Å². The monoisotopic (exact) mass is 338 g/mol. The second-order valence-corrected chi connectivity index (χ2v) is 5.08. The van der Waals surface area contributed by atoms with Crippen LogP contribution in [-0.2, 0) is 11.3 Å². The summed E-state index contributed by atoms with van der Waals surface area (Å²) in [5.41, 5.74) is 0.754. The molecule has 1 aliphatic rings. The van der Waals surface area contributed by atoms with Gasteiger partial charge in [-0.1, -0.05) is 17.3 Å². The Hall–Kier alpha value is -2.12. The molecular formula is C15H19ClN4O3. The van der Waals surface area contributed by atoms with Crippen LogP contribution in [0.5, 0.6) is 5.75 Å². The lowest BCUT2D eigenvalue weighted by Crippen LogP contribution is -2.40. The number of para-hydroxylation sites is 1. The zero-order chi connectivity index (χ0) is 15.4. The molecule has 1 fully saturated rings. The van der Waals surface area contributed by atoms with E-state index in [-0.39, 0.29) is 30.9 Å². The van der Waals surface area contributed by atoms with Crippen LogP contribution >= 0.6 is 12.4 Å². The summed E-state index contributed by atoms with van der Waals surface area (Å²) < 4.78 is 10.5. The molecule has 1 aliphatic heterocycles. The van der Waals surface area contributed by atoms with Crippen molar-refractivity contribution in [2.24, 2.45) is 0 Å². The smallest absolute Gasteiger partial charge is 0.246 e. The molecule has 2 N–H and O–H groups in total. The molecule has 1 atom stereocenters. The number of carbonyl (C=O) groups is 1. The van der Waals surface area contributed by atoms with Crippen LogP contribution in [0.2, 0.25) is 0 Å². The number of aromatic nitrogens is 2. The van der Waals surface area contributed by atoms with Crippen LogP contribution in [0.15, 0.2) is 28.8 Å². The van der Waals surface area contributed by atoms with Crippen molar-refractivity contribution in [1.82, 2.24) is 20.8 Å². The number of nitrogens with zero attached hydrogens (tertiary/aromatic N) is 2. The van der Waals surface area contributed by atoms with Gasteiger partial charge in [0.2, 0.25) is 17.6 Å². The lowest BCUT2D eigenvalue weighted by Gasteiger charge is -2.08. The minimum atomic E-state index is -0.114. The van der Waals surface area contributed by atoms with Gasteiger partial charge in [0.05, 0.1) is 25.3 Å². The van der Waals surface area contributed by atoms with Crippen molar-refractivity contribution < 1.29 is 14.1 Å². The third-order valence-corrected chi connectivity index (χ3v) is 3.61. The Bertz CT molecular complexity index is 656. The number of nitrogens with one attached hydrogen (secondary N) is 2. The van der Waals surface area contributed by atoms with Crippen molar-refractivity contribution >= 4 is 18.3 Å². The normalized spacial score (nSPS) is 16.7. The van der Waals surface area contributed by atoms with Crippen LogP contribution in [0.4, 0.5) is 0 Å². The maximum absolute atomic E-state index is 11.9. The summed E-state index contributed by atoms with van der Waals surface area (Å²) in [5.74, 6) is 1.46. The molecule has 2 aromatic rings. The fraction of sp³-hybridized carbons (Fsp3) is 0.400. The molecule has 1 unspecified atom stereocenters. The highest BCUT2D eigenvalue weighted by atomic mass is 35.5. The van der Waals surface area contributed by atoms with Gasteiger partial charge in [0.25, 0.3) is 0 Å². The molecule has 3 rings (SSSR count). The Morgan fingerprint density at radius 3 is 3.04 bits per heavy atom. The van der Waals surface area contributed by atoms with Crippen molar-refractivity contribution in [3.05, 3.63) is 30.2 Å². The quantitative estimate of drug-likeness (QED) is 0.859. The largest absolute Gasteiger partial charge is 0.496 e. The van der Waals surface area contributed by atoms with E-state index in [2.05, 4.69) is 20.8 Å². The molecule has 0 bridgehead atoms. The first-order valence-corrected chi connectivity index (χ1v) is 7.25. The molecule has 2 heterocycles. The van der Waals surface area contributed by atoms with Gasteiger partial charge in [-0.3, -0.25) is 4.79 Å². The topological polar surface area (TPSA) is 89.3 Å². The van der Waals surface area contributed by atoms with Gasteiger partial charge in [0.15, 0.2) is 0 Å². The maximum Gasteiger partial charge on any atom is 0.246 e. The fourth-order valence-electron chi connectivity index (χ4n) is 2.46. The Morgan fingerprint density at radius 2 is 2.30 bits per heavy atom. The van der Waals surface area contributed by atoms with E-state index in [1.54, 1.807) is 7.11 Å². The molecule has 23 heavy (non-hydrogen) atoms. The van der Waals surface area contributed by atoms with Gasteiger partial charge >= 0.3 is 0 Å². The maximum atomic E-state index is 11.9. The van der Waals surface area contributed by atoms with Gasteiger partial charge in [-0.05, 0) is 31.5 Å². The minimum absolute atomic E-state index is 0. The van der Waals surface area contributed by atoms with Crippen molar-refractivity contribution in [1.29, 1.82) is 0 Å². The first-order chi connectivity index (χ1) is 10.8. The molecule has 0 spiro atoms. The number of halogens is 1. The van der Waals surface area contributed by atoms with Crippen molar-refractivity contribution in [3.63, 3.8) is 0 Å². The number of carbonyl (C=O) groups excluding carboxylic acids is 1. The highest BCUT2D eigenvalue weighted by Crippen LogP contribution is 2.26. The molecular weight excluding hydrogens is 320 g/mol. The van der Waals surface area contributed by atoms with E-state index in [9.17, 15) is 4.79 Å². The van der Waals surface area contributed by atoms with E-state index in [4.69, 9.17) is 9.26 Å². The summed E-state index contributed by atoms with van der Waals surface area (Å²) in [7, 11) is 1.59. The summed E-state index contributed by atoms with van der Waals surface area (Å²) in [4.78, 5) is 16.2. The van der Waals surface area contributed by atoms with E-state index in [1.807, 2.05) is 24.3 Å². The summed E-state index contributed by atoms with van der Waals surface area (Å²) in [6, 6.07) is 7.32. The average molecular weight is 339 g/mol. The molecule has 1 aromatic carbocycles. The third kappa shape index (κ3) is 4.00. The van der Waals surface area contributed by atoms with Gasteiger partial charge in [0.1, 0.15) is 5.75 Å². The van der Waals surface area contributed by atoms with E-state index in [1.165, 1.54) is 0 Å². The zero-order valence-electron chi connectivity index (χ0n) is 12.7. The summed E-state index contributed by atoms with van der Waals surface area (Å²) in [6.45, 7) is 1.11. The Balaban J connectivity index is 0.00000192. The molecule has 0 saturated carbocycles. The number of hydrogen-bond acceptors (Lipinski definition) is 6. The third-order valence-electron chi connectivity index (χ3n) is 3.61. The fourth-order valence-corrected chi connectivity index (χ4v) is 2.46. The molecule has 7 nitrogen and oxygen atoms in total. The Labute approximate surface area is 140 Å². The van der Waals surface area contributed by atoms with Crippen LogP contribution in [0.25, 0.3) is 11.4 Å². The first kappa shape index (κ1) is 17.2. The summed E-state index contributed by atoms with van der Waals surface area (Å²) in [5, 5.41) is 9.89. The van der Waals surface area contributed by atoms with Gasteiger partial charge in [-0.25, -0.2) is 0 Å². The number of ether oxygens (including phenoxy) is 1. The lowest BCUT2D eigenvalue weighted by atomic mass is 10.2. The second-order valence-electron chi connectivity index (χ2n) is 5.08. The zero-order valence-corrected chi connectivity index (χ0v) is 13.6. The van der Waals surface area contributed by atoms with E-state index < -0.39 is 0 Å². The van der Waals surface area contributed by atoms with Gasteiger partial charge < -0.3 is 19.9 Å². The number of benzene rings is 1. The lowest BCUT2D eigenvalue weighted by molar-refractivity contribution is -0.123. The minimum Gasteiger partial charge on any atom is -0.496 e. The van der Waals surface area contributed by atoms with Crippen LogP contribution in [0.1, 0.15) is 18.7 Å². The molecule has 1 aromatic heterocycles. The van der Waals surface area contributed by atoms with E-state index in [0.717, 1.165) is 24.9 Å². The Morgan fingerprint density at radius 1 is 1.48 bits per heavy atom. The summed E-state index contributed by atoms with van der Waals surface area (Å²) in [6.07, 6.45) is 1.89. The van der Waals surface area contributed by atoms with E-state index in [0.29, 0.717) is 17.5 Å². The van der Waals surface area contributed by atoms with E-state index >= 15 is 0 Å². The Kier molecular flexibility index (Phi) is 5.95. The molecule has 1 amide bonds. The first-order valence-electron chi connectivity index (χ1n) is 7.25. The molecule has 1 saturated heterocycles. The second kappa shape index (κ2) is 7.94. The molecule has 0 aliphatic carbocycles. The number of rotatable bonds is 5. The van der Waals surface area contributed by atoms with Gasteiger partial charge in [-0.15, -0.1) is 12.4 Å². The van der Waals surface area contributed by atoms with Gasteiger partial charge in [-0.2, -0.15) is 4.98 Å². The summed E-state index contributed by atoms with van der Waals surface area (Å²) >= 11 is 0. The van der Waals surface area contributed by atoms with Crippen molar-refractivity contribution in [3.8, 4) is 17.1 Å². The predicted octanol–water partition coefficient (Wildman–Crippen LogP) is 1.54. The number of methoxy groups -OCH3 is 1.